The Balaban J connectivity index is 1.86. The Bertz CT molecular complexity index is 589. The minimum Gasteiger partial charge on any atom is -0.326 e. The van der Waals surface area contributed by atoms with Gasteiger partial charge < -0.3 is 5.73 Å². The Morgan fingerprint density at radius 1 is 1.35 bits per heavy atom. The summed E-state index contributed by atoms with van der Waals surface area (Å²) in [6, 6.07) is 6.80. The first-order valence-electron chi connectivity index (χ1n) is 7.03. The average molecular weight is 289 g/mol. The lowest BCUT2D eigenvalue weighted by Gasteiger charge is -2.12. The van der Waals surface area contributed by atoms with Gasteiger partial charge in [-0.05, 0) is 53.6 Å². The molecule has 0 bridgehead atoms. The lowest BCUT2D eigenvalue weighted by molar-refractivity contribution is 0.423. The van der Waals surface area contributed by atoms with E-state index in [-0.39, 0.29) is 0 Å². The van der Waals surface area contributed by atoms with E-state index in [1.807, 2.05) is 4.68 Å². The molecule has 1 aromatic carbocycles. The van der Waals surface area contributed by atoms with E-state index >= 15 is 0 Å². The summed E-state index contributed by atoms with van der Waals surface area (Å²) in [5.41, 5.74) is 8.21. The zero-order chi connectivity index (χ0) is 13.9. The fourth-order valence-corrected chi connectivity index (χ4v) is 3.66. The van der Waals surface area contributed by atoms with Gasteiger partial charge in [-0.25, -0.2) is 4.68 Å². The van der Waals surface area contributed by atoms with Crippen LogP contribution in [0.3, 0.4) is 0 Å². The highest BCUT2D eigenvalue weighted by atomic mass is 32.2. The van der Waals surface area contributed by atoms with Gasteiger partial charge in [0, 0.05) is 11.4 Å². The number of benzene rings is 1. The van der Waals surface area contributed by atoms with Gasteiger partial charge in [0.25, 0.3) is 0 Å². The number of aromatic nitrogens is 4. The molecule has 2 aromatic rings. The van der Waals surface area contributed by atoms with Crippen molar-refractivity contribution in [3.05, 3.63) is 29.3 Å². The highest BCUT2D eigenvalue weighted by molar-refractivity contribution is 7.99. The predicted octanol–water partition coefficient (Wildman–Crippen LogP) is 2.71. The smallest absolute Gasteiger partial charge is 0.214 e. The normalized spacial score (nSPS) is 15.9. The first kappa shape index (κ1) is 13.6. The van der Waals surface area contributed by atoms with E-state index in [2.05, 4.69) is 40.6 Å². The molecule has 1 aliphatic rings. The summed E-state index contributed by atoms with van der Waals surface area (Å²) in [5, 5.41) is 13.1. The predicted molar refractivity (Wildman–Crippen MR) is 78.5 cm³/mol. The third kappa shape index (κ3) is 2.71. The zero-order valence-corrected chi connectivity index (χ0v) is 12.4. The van der Waals surface area contributed by atoms with Crippen LogP contribution in [0.1, 0.15) is 42.9 Å². The maximum Gasteiger partial charge on any atom is 0.214 e. The van der Waals surface area contributed by atoms with Crippen LogP contribution in [0.2, 0.25) is 0 Å². The molecule has 1 saturated carbocycles. The van der Waals surface area contributed by atoms with Crippen LogP contribution in [0, 0.1) is 6.92 Å². The second-order valence-electron chi connectivity index (χ2n) is 5.26. The summed E-state index contributed by atoms with van der Waals surface area (Å²) >= 11 is 1.61. The number of nitrogens with two attached hydrogens (primary N) is 1. The van der Waals surface area contributed by atoms with Crippen molar-refractivity contribution in [1.29, 1.82) is 0 Å². The van der Waals surface area contributed by atoms with Crippen molar-refractivity contribution >= 4 is 11.8 Å². The van der Waals surface area contributed by atoms with Gasteiger partial charge in [-0.2, -0.15) is 0 Å². The fourth-order valence-electron chi connectivity index (χ4n) is 2.70. The molecular weight excluding hydrogens is 270 g/mol. The van der Waals surface area contributed by atoms with Gasteiger partial charge in [0.05, 0.1) is 6.04 Å². The van der Waals surface area contributed by atoms with Crippen LogP contribution in [-0.2, 0) is 6.54 Å². The third-order valence-electron chi connectivity index (χ3n) is 3.77. The van der Waals surface area contributed by atoms with Crippen molar-refractivity contribution < 1.29 is 0 Å². The molecule has 20 heavy (non-hydrogen) atoms. The third-order valence-corrected chi connectivity index (χ3v) is 4.84. The molecule has 0 spiro atoms. The van der Waals surface area contributed by atoms with Crippen LogP contribution in [0.25, 0.3) is 0 Å². The average Bonchev–Trinajstić information content (AvgIpc) is 3.11. The summed E-state index contributed by atoms with van der Waals surface area (Å²) in [7, 11) is 0. The molecule has 6 heteroatoms. The molecule has 0 saturated heterocycles. The number of tetrazole rings is 1. The number of nitrogens with zero attached hydrogens (tertiary/aromatic N) is 4. The Hall–Kier alpha value is -1.40. The summed E-state index contributed by atoms with van der Waals surface area (Å²) in [6.07, 6.45) is 4.90. The van der Waals surface area contributed by atoms with Crippen molar-refractivity contribution in [2.45, 2.75) is 55.2 Å². The molecule has 5 nitrogen and oxygen atoms in total. The van der Waals surface area contributed by atoms with Gasteiger partial charge in [-0.1, -0.05) is 30.5 Å². The van der Waals surface area contributed by atoms with Crippen LogP contribution in [-0.4, -0.2) is 20.2 Å². The van der Waals surface area contributed by atoms with Gasteiger partial charge >= 0.3 is 0 Å². The van der Waals surface area contributed by atoms with Gasteiger partial charge in [0.15, 0.2) is 0 Å². The molecule has 0 aliphatic heterocycles. The summed E-state index contributed by atoms with van der Waals surface area (Å²) in [5.74, 6) is 0. The Kier molecular flexibility index (Phi) is 4.03. The van der Waals surface area contributed by atoms with Crippen LogP contribution < -0.4 is 5.73 Å². The van der Waals surface area contributed by atoms with E-state index in [9.17, 15) is 0 Å². The maximum absolute atomic E-state index is 5.84. The van der Waals surface area contributed by atoms with E-state index < -0.39 is 0 Å². The molecular formula is C14H19N5S. The van der Waals surface area contributed by atoms with Gasteiger partial charge in [0.2, 0.25) is 5.16 Å². The van der Waals surface area contributed by atoms with E-state index in [4.69, 9.17) is 5.73 Å². The number of hydrogen-bond acceptors (Lipinski definition) is 5. The topological polar surface area (TPSA) is 69.6 Å². The molecule has 1 heterocycles. The highest BCUT2D eigenvalue weighted by Gasteiger charge is 2.22. The summed E-state index contributed by atoms with van der Waals surface area (Å²) in [4.78, 5) is 1.15. The second-order valence-corrected chi connectivity index (χ2v) is 6.27. The molecule has 1 fully saturated rings. The van der Waals surface area contributed by atoms with Crippen LogP contribution >= 0.6 is 11.8 Å². The maximum atomic E-state index is 5.84. The molecule has 0 amide bonds. The second kappa shape index (κ2) is 5.93. The number of rotatable bonds is 4. The first-order chi connectivity index (χ1) is 9.78. The van der Waals surface area contributed by atoms with Crippen LogP contribution in [0.4, 0.5) is 0 Å². The van der Waals surface area contributed by atoms with E-state index in [1.54, 1.807) is 11.8 Å². The number of aryl methyl sites for hydroxylation is 1. The van der Waals surface area contributed by atoms with Gasteiger partial charge in [-0.3, -0.25) is 0 Å². The quantitative estimate of drug-likeness (QED) is 0.937. The standard InChI is InChI=1S/C14H19N5S/c1-10-6-7-13(11(8-10)9-15)20-14-16-17-18-19(14)12-4-2-3-5-12/h6-8,12H,2-5,9,15H2,1H3. The minimum absolute atomic E-state index is 0.458. The van der Waals surface area contributed by atoms with Gasteiger partial charge in [0.1, 0.15) is 0 Å². The SMILES string of the molecule is Cc1ccc(Sc2nnnn2C2CCCC2)c(CN)c1. The van der Waals surface area contributed by atoms with Crippen LogP contribution in [0.15, 0.2) is 28.3 Å². The Morgan fingerprint density at radius 3 is 2.90 bits per heavy atom. The lowest BCUT2D eigenvalue weighted by Crippen LogP contribution is -2.08. The minimum atomic E-state index is 0.458. The largest absolute Gasteiger partial charge is 0.326 e. The molecule has 2 N–H and O–H groups in total. The molecule has 0 radical (unpaired) electrons. The summed E-state index contributed by atoms with van der Waals surface area (Å²) in [6.45, 7) is 2.62. The highest BCUT2D eigenvalue weighted by Crippen LogP contribution is 2.35. The molecule has 0 atom stereocenters. The monoisotopic (exact) mass is 289 g/mol. The summed E-state index contributed by atoms with van der Waals surface area (Å²) < 4.78 is 1.98. The lowest BCUT2D eigenvalue weighted by atomic mass is 10.1. The zero-order valence-electron chi connectivity index (χ0n) is 11.6. The molecule has 0 unspecified atom stereocenters. The van der Waals surface area contributed by atoms with Crippen molar-refractivity contribution in [2.75, 3.05) is 0 Å². The molecule has 106 valence electrons. The van der Waals surface area contributed by atoms with E-state index in [0.29, 0.717) is 12.6 Å². The van der Waals surface area contributed by atoms with Crippen molar-refractivity contribution in [3.8, 4) is 0 Å². The van der Waals surface area contributed by atoms with Gasteiger partial charge in [-0.15, -0.1) is 5.10 Å². The molecule has 3 rings (SSSR count). The van der Waals surface area contributed by atoms with E-state index in [1.165, 1.54) is 31.2 Å². The molecule has 1 aromatic heterocycles. The Labute approximate surface area is 122 Å². The van der Waals surface area contributed by atoms with Crippen molar-refractivity contribution in [3.63, 3.8) is 0 Å². The fraction of sp³-hybridized carbons (Fsp3) is 0.500. The van der Waals surface area contributed by atoms with Crippen molar-refractivity contribution in [1.82, 2.24) is 20.2 Å². The Morgan fingerprint density at radius 2 is 2.15 bits per heavy atom. The number of hydrogen-bond donors (Lipinski definition) is 1. The van der Waals surface area contributed by atoms with Crippen LogP contribution in [0.5, 0.6) is 0 Å². The molecule has 1 aliphatic carbocycles. The van der Waals surface area contributed by atoms with Crippen molar-refractivity contribution in [2.24, 2.45) is 5.73 Å². The van der Waals surface area contributed by atoms with E-state index in [0.717, 1.165) is 15.6 Å². The first-order valence-corrected chi connectivity index (χ1v) is 7.85.